The summed E-state index contributed by atoms with van der Waals surface area (Å²) < 4.78 is 20.6. The normalized spacial score (nSPS) is 10.8. The molecule has 0 atom stereocenters. The van der Waals surface area contributed by atoms with E-state index in [4.69, 9.17) is 4.74 Å². The number of hydrogen-bond donors (Lipinski definition) is 1. The highest BCUT2D eigenvalue weighted by Gasteiger charge is 2.18. The van der Waals surface area contributed by atoms with Crippen LogP contribution < -0.4 is 15.0 Å². The maximum Gasteiger partial charge on any atom is 0.259 e. The van der Waals surface area contributed by atoms with Crippen molar-refractivity contribution in [3.05, 3.63) is 71.9 Å². The number of aryl methyl sites for hydroxylation is 1. The molecular weight excluding hydrogens is 425 g/mol. The van der Waals surface area contributed by atoms with Crippen molar-refractivity contribution in [3.8, 4) is 17.0 Å². The lowest BCUT2D eigenvalue weighted by atomic mass is 10.1. The smallest absolute Gasteiger partial charge is 0.259 e. The van der Waals surface area contributed by atoms with Crippen LogP contribution in [0.3, 0.4) is 0 Å². The lowest BCUT2D eigenvalue weighted by Crippen LogP contribution is -2.26. The number of imidazole rings is 1. The average molecular weight is 447 g/mol. The molecule has 0 unspecified atom stereocenters. The van der Waals surface area contributed by atoms with Gasteiger partial charge in [-0.25, -0.2) is 14.4 Å². The largest absolute Gasteiger partial charge is 0.494 e. The summed E-state index contributed by atoms with van der Waals surface area (Å²) in [6.45, 7) is 3.29. The monoisotopic (exact) mass is 447 g/mol. The predicted molar refractivity (Wildman–Crippen MR) is 123 cm³/mol. The van der Waals surface area contributed by atoms with Gasteiger partial charge in [0.25, 0.3) is 5.91 Å². The summed E-state index contributed by atoms with van der Waals surface area (Å²) in [5, 5.41) is 2.63. The molecule has 0 fully saturated rings. The van der Waals surface area contributed by atoms with Gasteiger partial charge in [0.1, 0.15) is 11.5 Å². The van der Waals surface area contributed by atoms with Crippen molar-refractivity contribution in [2.75, 3.05) is 24.4 Å². The highest BCUT2D eigenvalue weighted by Crippen LogP contribution is 2.27. The number of hydrogen-bond acceptors (Lipinski definition) is 5. The number of benzene rings is 1. The van der Waals surface area contributed by atoms with Crippen molar-refractivity contribution in [3.63, 3.8) is 0 Å². The zero-order valence-corrected chi connectivity index (χ0v) is 18.6. The van der Waals surface area contributed by atoms with E-state index in [-0.39, 0.29) is 17.6 Å². The van der Waals surface area contributed by atoms with Crippen LogP contribution in [0.2, 0.25) is 0 Å². The first kappa shape index (κ1) is 21.9. The van der Waals surface area contributed by atoms with E-state index in [1.807, 2.05) is 17.4 Å². The van der Waals surface area contributed by atoms with Gasteiger partial charge < -0.3 is 15.0 Å². The number of nitrogens with zero attached hydrogens (tertiary/aromatic N) is 4. The molecule has 9 heteroatoms. The standard InChI is InChI=1S/C24H22FN5O3/c1-14-9-17(24(32)29(3)18-6-7-19(25)21(10-18)33-4)13-30-20(12-27-23(14)30)16-5-8-22(26-11-16)28-15(2)31/h5-13H,1-4H3,(H,26,28,31). The Labute approximate surface area is 189 Å². The minimum atomic E-state index is -0.499. The van der Waals surface area contributed by atoms with Crippen molar-refractivity contribution in [1.82, 2.24) is 14.4 Å². The molecule has 1 N–H and O–H groups in total. The molecule has 0 aliphatic rings. The molecule has 168 valence electrons. The van der Waals surface area contributed by atoms with E-state index in [0.717, 1.165) is 16.8 Å². The quantitative estimate of drug-likeness (QED) is 0.498. The van der Waals surface area contributed by atoms with Crippen LogP contribution in [0.4, 0.5) is 15.9 Å². The molecule has 0 bridgehead atoms. The third kappa shape index (κ3) is 4.25. The lowest BCUT2D eigenvalue weighted by Gasteiger charge is -2.19. The summed E-state index contributed by atoms with van der Waals surface area (Å²) in [6, 6.07) is 9.55. The topological polar surface area (TPSA) is 88.8 Å². The van der Waals surface area contributed by atoms with E-state index in [1.165, 1.54) is 37.1 Å². The van der Waals surface area contributed by atoms with Gasteiger partial charge in [-0.05, 0) is 42.8 Å². The fourth-order valence-corrected chi connectivity index (χ4v) is 3.56. The minimum absolute atomic E-state index is 0.0610. The highest BCUT2D eigenvalue weighted by molar-refractivity contribution is 6.06. The second kappa shape index (κ2) is 8.70. The number of amides is 2. The SMILES string of the molecule is COc1cc(N(C)C(=O)c2cc(C)c3ncc(-c4ccc(NC(C)=O)nc4)n3c2)ccc1F. The number of nitrogens with one attached hydrogen (secondary N) is 1. The molecule has 2 amide bonds. The molecule has 8 nitrogen and oxygen atoms in total. The number of aromatic nitrogens is 3. The Morgan fingerprint density at radius 1 is 1.12 bits per heavy atom. The number of fused-ring (bicyclic) bond motifs is 1. The summed E-state index contributed by atoms with van der Waals surface area (Å²) >= 11 is 0. The highest BCUT2D eigenvalue weighted by atomic mass is 19.1. The van der Waals surface area contributed by atoms with Gasteiger partial charge in [0.15, 0.2) is 11.6 Å². The Balaban J connectivity index is 1.71. The van der Waals surface area contributed by atoms with Crippen LogP contribution in [-0.2, 0) is 4.79 Å². The number of halogens is 1. The first-order valence-electron chi connectivity index (χ1n) is 10.1. The Hall–Kier alpha value is -4.27. The minimum Gasteiger partial charge on any atom is -0.494 e. The number of methoxy groups -OCH3 is 1. The third-order valence-electron chi connectivity index (χ3n) is 5.23. The maximum absolute atomic E-state index is 13.8. The van der Waals surface area contributed by atoms with Gasteiger partial charge in [0, 0.05) is 43.7 Å². The molecular formula is C24H22FN5O3. The molecule has 3 aromatic heterocycles. The molecule has 4 aromatic rings. The van der Waals surface area contributed by atoms with Gasteiger partial charge in [0.2, 0.25) is 5.91 Å². The number of anilines is 2. The predicted octanol–water partition coefficient (Wildman–Crippen LogP) is 4.09. The lowest BCUT2D eigenvalue weighted by molar-refractivity contribution is -0.114. The molecule has 1 aromatic carbocycles. The van der Waals surface area contributed by atoms with Gasteiger partial charge in [0.05, 0.1) is 24.6 Å². The molecule has 3 heterocycles. The van der Waals surface area contributed by atoms with Gasteiger partial charge in [-0.3, -0.25) is 14.0 Å². The van der Waals surface area contributed by atoms with Crippen molar-refractivity contribution < 1.29 is 18.7 Å². The van der Waals surface area contributed by atoms with Crippen LogP contribution in [-0.4, -0.2) is 40.3 Å². The van der Waals surface area contributed by atoms with Crippen molar-refractivity contribution in [2.24, 2.45) is 0 Å². The number of carbonyl (C=O) groups is 2. The molecule has 4 rings (SSSR count). The van der Waals surface area contributed by atoms with Gasteiger partial charge in [-0.2, -0.15) is 0 Å². The maximum atomic E-state index is 13.8. The molecule has 33 heavy (non-hydrogen) atoms. The Morgan fingerprint density at radius 2 is 1.91 bits per heavy atom. The first-order chi connectivity index (χ1) is 15.8. The number of pyridine rings is 2. The summed E-state index contributed by atoms with van der Waals surface area (Å²) in [6.07, 6.45) is 5.06. The molecule has 0 saturated carbocycles. The van der Waals surface area contributed by atoms with Gasteiger partial charge in [-0.1, -0.05) is 0 Å². The van der Waals surface area contributed by atoms with Crippen LogP contribution in [0.25, 0.3) is 16.9 Å². The Morgan fingerprint density at radius 3 is 2.58 bits per heavy atom. The molecule has 0 aliphatic heterocycles. The Bertz CT molecular complexity index is 1360. The van der Waals surface area contributed by atoms with Crippen LogP contribution in [0.1, 0.15) is 22.8 Å². The zero-order valence-electron chi connectivity index (χ0n) is 18.6. The summed E-state index contributed by atoms with van der Waals surface area (Å²) in [5.41, 5.74) is 3.99. The number of rotatable bonds is 5. The molecule has 0 radical (unpaired) electrons. The van der Waals surface area contributed by atoms with Crippen molar-refractivity contribution in [1.29, 1.82) is 0 Å². The van der Waals surface area contributed by atoms with Crippen LogP contribution in [0.15, 0.2) is 55.0 Å². The Kier molecular flexibility index (Phi) is 5.78. The third-order valence-corrected chi connectivity index (χ3v) is 5.23. The van der Waals surface area contributed by atoms with Crippen LogP contribution in [0, 0.1) is 12.7 Å². The molecule has 0 saturated heterocycles. The number of ether oxygens (including phenoxy) is 1. The zero-order chi connectivity index (χ0) is 23.7. The summed E-state index contributed by atoms with van der Waals surface area (Å²) in [5.74, 6) is -0.464. The van der Waals surface area contributed by atoms with E-state index < -0.39 is 5.82 Å². The van der Waals surface area contributed by atoms with E-state index in [1.54, 1.807) is 37.8 Å². The fourth-order valence-electron chi connectivity index (χ4n) is 3.56. The summed E-state index contributed by atoms with van der Waals surface area (Å²) in [4.78, 5) is 34.7. The van der Waals surface area contributed by atoms with E-state index in [2.05, 4.69) is 15.3 Å². The number of carbonyl (C=O) groups excluding carboxylic acids is 2. The van der Waals surface area contributed by atoms with Crippen LogP contribution >= 0.6 is 0 Å². The average Bonchev–Trinajstić information content (AvgIpc) is 3.23. The van der Waals surface area contributed by atoms with E-state index >= 15 is 0 Å². The van der Waals surface area contributed by atoms with Crippen molar-refractivity contribution in [2.45, 2.75) is 13.8 Å². The van der Waals surface area contributed by atoms with E-state index in [9.17, 15) is 14.0 Å². The van der Waals surface area contributed by atoms with Crippen molar-refractivity contribution >= 4 is 29.0 Å². The van der Waals surface area contributed by atoms with Gasteiger partial charge >= 0.3 is 0 Å². The fraction of sp³-hybridized carbons (Fsp3) is 0.167. The summed E-state index contributed by atoms with van der Waals surface area (Å²) in [7, 11) is 2.99. The van der Waals surface area contributed by atoms with Crippen LogP contribution in [0.5, 0.6) is 5.75 Å². The molecule has 0 aliphatic carbocycles. The van der Waals surface area contributed by atoms with E-state index in [0.29, 0.717) is 22.7 Å². The first-order valence-corrected chi connectivity index (χ1v) is 10.1. The second-order valence-electron chi connectivity index (χ2n) is 7.55. The molecule has 0 spiro atoms. The van der Waals surface area contributed by atoms with Gasteiger partial charge in [-0.15, -0.1) is 0 Å². The second-order valence-corrected chi connectivity index (χ2v) is 7.55.